The fourth-order valence-corrected chi connectivity index (χ4v) is 5.25. The molecule has 0 unspecified atom stereocenters. The number of sulfonamides is 1. The first kappa shape index (κ1) is 20.1. The molecule has 2 atom stereocenters. The van der Waals surface area contributed by atoms with Crippen LogP contribution in [0, 0.1) is 6.92 Å². The normalized spacial score (nSPS) is 20.0. The second-order valence-corrected chi connectivity index (χ2v) is 8.57. The van der Waals surface area contributed by atoms with E-state index in [-0.39, 0.29) is 10.5 Å². The summed E-state index contributed by atoms with van der Waals surface area (Å²) >= 11 is 0. The van der Waals surface area contributed by atoms with E-state index < -0.39 is 28.1 Å². The Morgan fingerprint density at radius 1 is 1.11 bits per heavy atom. The Labute approximate surface area is 165 Å². The Morgan fingerprint density at radius 2 is 1.71 bits per heavy atom. The zero-order valence-corrected chi connectivity index (χ0v) is 16.8. The number of carboxylic acid groups (broad SMARTS) is 1. The molecule has 0 bridgehead atoms. The third-order valence-electron chi connectivity index (χ3n) is 4.94. The van der Waals surface area contributed by atoms with Gasteiger partial charge in [-0.2, -0.15) is 4.31 Å². The summed E-state index contributed by atoms with van der Waals surface area (Å²) in [6.07, 6.45) is 2.01. The molecular formula is C21H23NO5S. The van der Waals surface area contributed by atoms with Crippen molar-refractivity contribution in [2.45, 2.75) is 37.2 Å². The summed E-state index contributed by atoms with van der Waals surface area (Å²) in [6, 6.07) is 11.9. The van der Waals surface area contributed by atoms with E-state index in [9.17, 15) is 18.3 Å². The molecule has 1 heterocycles. The van der Waals surface area contributed by atoms with Gasteiger partial charge in [0.25, 0.3) is 0 Å². The molecule has 2 aromatic rings. The summed E-state index contributed by atoms with van der Waals surface area (Å²) in [5.74, 6) is -0.511. The average molecular weight is 401 g/mol. The monoisotopic (exact) mass is 401 g/mol. The SMILES string of the molecule is CC[C@H]1C=C(C(=O)O)[C@@H](c2ccc(OC)cc2)N1S(=O)(=O)c1ccc(C)cc1. The maximum absolute atomic E-state index is 13.5. The highest BCUT2D eigenvalue weighted by Crippen LogP contribution is 2.42. The number of methoxy groups -OCH3 is 1. The molecule has 1 aliphatic heterocycles. The first-order valence-electron chi connectivity index (χ1n) is 8.98. The van der Waals surface area contributed by atoms with Crippen LogP contribution in [-0.4, -0.2) is 37.0 Å². The van der Waals surface area contributed by atoms with Gasteiger partial charge in [-0.25, -0.2) is 13.2 Å². The largest absolute Gasteiger partial charge is 0.497 e. The van der Waals surface area contributed by atoms with E-state index >= 15 is 0 Å². The number of rotatable bonds is 6. The van der Waals surface area contributed by atoms with Gasteiger partial charge >= 0.3 is 5.97 Å². The molecule has 0 fully saturated rings. The molecule has 0 aliphatic carbocycles. The van der Waals surface area contributed by atoms with Crippen LogP contribution >= 0.6 is 0 Å². The van der Waals surface area contributed by atoms with Crippen molar-refractivity contribution in [3.8, 4) is 5.75 Å². The summed E-state index contributed by atoms with van der Waals surface area (Å²) in [6.45, 7) is 3.72. The van der Waals surface area contributed by atoms with Crippen molar-refractivity contribution in [1.82, 2.24) is 4.31 Å². The lowest BCUT2D eigenvalue weighted by molar-refractivity contribution is -0.133. The minimum Gasteiger partial charge on any atom is -0.497 e. The van der Waals surface area contributed by atoms with E-state index in [4.69, 9.17) is 4.74 Å². The molecule has 0 saturated heterocycles. The molecule has 1 N–H and O–H groups in total. The van der Waals surface area contributed by atoms with Crippen molar-refractivity contribution in [1.29, 1.82) is 0 Å². The predicted molar refractivity (Wildman–Crippen MR) is 106 cm³/mol. The molecule has 1 aliphatic rings. The van der Waals surface area contributed by atoms with E-state index in [1.165, 1.54) is 11.4 Å². The molecule has 6 nitrogen and oxygen atoms in total. The van der Waals surface area contributed by atoms with Crippen LogP contribution in [0.15, 0.2) is 65.1 Å². The Bertz CT molecular complexity index is 994. The first-order valence-corrected chi connectivity index (χ1v) is 10.4. The van der Waals surface area contributed by atoms with Gasteiger partial charge < -0.3 is 9.84 Å². The van der Waals surface area contributed by atoms with Crippen LogP contribution in [-0.2, 0) is 14.8 Å². The van der Waals surface area contributed by atoms with E-state index in [1.54, 1.807) is 54.6 Å². The highest BCUT2D eigenvalue weighted by Gasteiger charge is 2.45. The van der Waals surface area contributed by atoms with Crippen molar-refractivity contribution in [2.75, 3.05) is 7.11 Å². The van der Waals surface area contributed by atoms with E-state index in [0.29, 0.717) is 17.7 Å². The molecular weight excluding hydrogens is 378 g/mol. The Morgan fingerprint density at radius 3 is 2.21 bits per heavy atom. The lowest BCUT2D eigenvalue weighted by atomic mass is 10.0. The van der Waals surface area contributed by atoms with Gasteiger partial charge in [0.15, 0.2) is 0 Å². The van der Waals surface area contributed by atoms with E-state index in [2.05, 4.69) is 0 Å². The number of aryl methyl sites for hydroxylation is 1. The fraction of sp³-hybridized carbons (Fsp3) is 0.286. The molecule has 0 spiro atoms. The van der Waals surface area contributed by atoms with Crippen LogP contribution in [0.3, 0.4) is 0 Å². The van der Waals surface area contributed by atoms with Crippen molar-refractivity contribution in [2.24, 2.45) is 0 Å². The van der Waals surface area contributed by atoms with Gasteiger partial charge in [-0.1, -0.05) is 42.8 Å². The molecule has 0 amide bonds. The Balaban J connectivity index is 2.14. The van der Waals surface area contributed by atoms with Crippen molar-refractivity contribution in [3.05, 3.63) is 71.3 Å². The lowest BCUT2D eigenvalue weighted by Crippen LogP contribution is -2.38. The second-order valence-electron chi connectivity index (χ2n) is 6.73. The minimum atomic E-state index is -3.91. The summed E-state index contributed by atoms with van der Waals surface area (Å²) in [5, 5.41) is 9.74. The number of carbonyl (C=O) groups is 1. The highest BCUT2D eigenvalue weighted by atomic mass is 32.2. The molecule has 0 radical (unpaired) electrons. The zero-order valence-electron chi connectivity index (χ0n) is 16.0. The number of benzene rings is 2. The maximum atomic E-state index is 13.5. The number of carboxylic acids is 1. The number of nitrogens with zero attached hydrogens (tertiary/aromatic N) is 1. The van der Waals surface area contributed by atoms with Gasteiger partial charge in [0.2, 0.25) is 10.0 Å². The fourth-order valence-electron chi connectivity index (χ4n) is 3.45. The van der Waals surface area contributed by atoms with Crippen LogP contribution in [0.5, 0.6) is 5.75 Å². The van der Waals surface area contributed by atoms with Crippen LogP contribution in [0.4, 0.5) is 0 Å². The van der Waals surface area contributed by atoms with Crippen LogP contribution in [0.2, 0.25) is 0 Å². The summed E-state index contributed by atoms with van der Waals surface area (Å²) in [7, 11) is -2.37. The molecule has 0 saturated carbocycles. The number of hydrogen-bond acceptors (Lipinski definition) is 4. The van der Waals surface area contributed by atoms with Crippen molar-refractivity contribution >= 4 is 16.0 Å². The Kier molecular flexibility index (Phi) is 5.58. The molecule has 7 heteroatoms. The average Bonchev–Trinajstić information content (AvgIpc) is 3.09. The summed E-state index contributed by atoms with van der Waals surface area (Å²) in [5.41, 5.74) is 1.59. The number of aliphatic carboxylic acids is 1. The first-order chi connectivity index (χ1) is 13.3. The topological polar surface area (TPSA) is 83.9 Å². The van der Waals surface area contributed by atoms with Gasteiger partial charge in [0.05, 0.1) is 23.6 Å². The number of hydrogen-bond donors (Lipinski definition) is 1. The van der Waals surface area contributed by atoms with Crippen LogP contribution in [0.1, 0.15) is 30.5 Å². The smallest absolute Gasteiger partial charge is 0.333 e. The second kappa shape index (κ2) is 7.77. The molecule has 2 aromatic carbocycles. The highest BCUT2D eigenvalue weighted by molar-refractivity contribution is 7.89. The van der Waals surface area contributed by atoms with Crippen molar-refractivity contribution in [3.63, 3.8) is 0 Å². The van der Waals surface area contributed by atoms with Crippen LogP contribution < -0.4 is 4.74 Å². The third kappa shape index (κ3) is 3.55. The molecule has 148 valence electrons. The minimum absolute atomic E-state index is 0.0627. The third-order valence-corrected chi connectivity index (χ3v) is 6.85. The van der Waals surface area contributed by atoms with Gasteiger partial charge in [-0.05, 0) is 43.2 Å². The predicted octanol–water partition coefficient (Wildman–Crippen LogP) is 3.54. The summed E-state index contributed by atoms with van der Waals surface area (Å²) in [4.78, 5) is 12.1. The zero-order chi connectivity index (χ0) is 20.5. The van der Waals surface area contributed by atoms with Gasteiger partial charge in [-0.15, -0.1) is 0 Å². The molecule has 28 heavy (non-hydrogen) atoms. The van der Waals surface area contributed by atoms with Gasteiger partial charge in [-0.3, -0.25) is 0 Å². The van der Waals surface area contributed by atoms with E-state index in [1.807, 2.05) is 13.8 Å². The van der Waals surface area contributed by atoms with Crippen LogP contribution in [0.25, 0.3) is 0 Å². The molecule has 0 aromatic heterocycles. The summed E-state index contributed by atoms with van der Waals surface area (Å²) < 4.78 is 33.4. The molecule has 3 rings (SSSR count). The van der Waals surface area contributed by atoms with Crippen molar-refractivity contribution < 1.29 is 23.1 Å². The van der Waals surface area contributed by atoms with Gasteiger partial charge in [0.1, 0.15) is 5.75 Å². The standard InChI is InChI=1S/C21H23NO5S/c1-4-16-13-19(21(23)24)20(15-7-9-17(27-3)10-8-15)22(16)28(25,26)18-11-5-14(2)6-12-18/h5-13,16,20H,4H2,1-3H3,(H,23,24)/t16-,20+/m0/s1. The van der Waals surface area contributed by atoms with Gasteiger partial charge in [0, 0.05) is 6.04 Å². The lowest BCUT2D eigenvalue weighted by Gasteiger charge is -2.30. The quantitative estimate of drug-likeness (QED) is 0.800. The number of ether oxygens (including phenoxy) is 1. The Hall–Kier alpha value is -2.64. The maximum Gasteiger partial charge on any atom is 0.333 e. The van der Waals surface area contributed by atoms with E-state index in [0.717, 1.165) is 5.56 Å².